The minimum absolute atomic E-state index is 0.183. The van der Waals surface area contributed by atoms with Crippen LogP contribution in [0.15, 0.2) is 18.2 Å². The molecule has 25 heavy (non-hydrogen) atoms. The maximum Gasteiger partial charge on any atom is 0.410 e. The number of nitrogens with one attached hydrogen (secondary N) is 1. The monoisotopic (exact) mass is 346 g/mol. The topological polar surface area (TPSA) is 41.6 Å². The molecule has 1 fully saturated rings. The van der Waals surface area contributed by atoms with Gasteiger partial charge in [0.2, 0.25) is 0 Å². The molecule has 0 radical (unpaired) electrons. The minimum atomic E-state index is -0.425. The molecule has 0 unspecified atom stereocenters. The summed E-state index contributed by atoms with van der Waals surface area (Å²) in [7, 11) is 0. The summed E-state index contributed by atoms with van der Waals surface area (Å²) in [5.41, 5.74) is 3.78. The van der Waals surface area contributed by atoms with Crippen LogP contribution in [0.5, 0.6) is 0 Å². The predicted octanol–water partition coefficient (Wildman–Crippen LogP) is 4.43. The molecular weight excluding hydrogens is 312 g/mol. The minimum Gasteiger partial charge on any atom is -0.444 e. The first-order valence-corrected chi connectivity index (χ1v) is 9.32. The number of benzene rings is 1. The van der Waals surface area contributed by atoms with Crippen molar-refractivity contribution >= 4 is 6.09 Å². The third-order valence-corrected chi connectivity index (χ3v) is 4.78. The molecule has 1 aliphatic rings. The van der Waals surface area contributed by atoms with Gasteiger partial charge in [0.25, 0.3) is 0 Å². The lowest BCUT2D eigenvalue weighted by Gasteiger charge is -2.40. The average molecular weight is 347 g/mol. The van der Waals surface area contributed by atoms with Crippen LogP contribution in [0.2, 0.25) is 0 Å². The number of carbonyl (C=O) groups is 1. The van der Waals surface area contributed by atoms with Gasteiger partial charge in [-0.3, -0.25) is 0 Å². The highest BCUT2D eigenvalue weighted by Gasteiger charge is 2.33. The van der Waals surface area contributed by atoms with Crippen LogP contribution in [0, 0.1) is 19.3 Å². The van der Waals surface area contributed by atoms with E-state index in [0.29, 0.717) is 0 Å². The first kappa shape index (κ1) is 19.8. The fourth-order valence-corrected chi connectivity index (χ4v) is 3.41. The summed E-state index contributed by atoms with van der Waals surface area (Å²) in [6.45, 7) is 15.8. The van der Waals surface area contributed by atoms with Crippen LogP contribution in [-0.2, 0) is 11.3 Å². The van der Waals surface area contributed by atoms with E-state index in [1.54, 1.807) is 0 Å². The molecular formula is C21H34N2O2. The molecule has 1 saturated heterocycles. The van der Waals surface area contributed by atoms with Gasteiger partial charge < -0.3 is 15.0 Å². The number of aryl methyl sites for hydroxylation is 2. The number of hydrogen-bond acceptors (Lipinski definition) is 3. The molecule has 1 aliphatic heterocycles. The van der Waals surface area contributed by atoms with E-state index >= 15 is 0 Å². The van der Waals surface area contributed by atoms with Crippen molar-refractivity contribution in [1.82, 2.24) is 10.2 Å². The van der Waals surface area contributed by atoms with Crippen molar-refractivity contribution in [1.29, 1.82) is 0 Å². The zero-order valence-corrected chi connectivity index (χ0v) is 16.7. The Bertz CT molecular complexity index is 576. The third-order valence-electron chi connectivity index (χ3n) is 4.78. The summed E-state index contributed by atoms with van der Waals surface area (Å²) in [5.74, 6) is 0. The molecule has 1 aromatic rings. The van der Waals surface area contributed by atoms with Gasteiger partial charge >= 0.3 is 6.09 Å². The first-order valence-electron chi connectivity index (χ1n) is 9.32. The molecule has 1 amide bonds. The Morgan fingerprint density at radius 2 is 1.72 bits per heavy atom. The van der Waals surface area contributed by atoms with Gasteiger partial charge in [-0.25, -0.2) is 4.79 Å². The van der Waals surface area contributed by atoms with Crippen molar-refractivity contribution in [2.45, 2.75) is 66.5 Å². The summed E-state index contributed by atoms with van der Waals surface area (Å²) < 4.78 is 5.48. The summed E-state index contributed by atoms with van der Waals surface area (Å²) in [6, 6.07) is 6.69. The Hall–Kier alpha value is -1.55. The van der Waals surface area contributed by atoms with E-state index in [2.05, 4.69) is 44.3 Å². The number of carbonyl (C=O) groups excluding carboxylic acids is 1. The van der Waals surface area contributed by atoms with Crippen LogP contribution in [0.1, 0.15) is 57.2 Å². The highest BCUT2D eigenvalue weighted by Crippen LogP contribution is 2.31. The van der Waals surface area contributed by atoms with E-state index in [1.807, 2.05) is 25.7 Å². The van der Waals surface area contributed by atoms with Crippen molar-refractivity contribution in [3.8, 4) is 0 Å². The van der Waals surface area contributed by atoms with Crippen molar-refractivity contribution in [3.63, 3.8) is 0 Å². The predicted molar refractivity (Wildman–Crippen MR) is 103 cm³/mol. The van der Waals surface area contributed by atoms with Gasteiger partial charge in [0, 0.05) is 26.2 Å². The largest absolute Gasteiger partial charge is 0.444 e. The number of nitrogens with zero attached hydrogens (tertiary/aromatic N) is 1. The van der Waals surface area contributed by atoms with Gasteiger partial charge in [-0.15, -0.1) is 0 Å². The van der Waals surface area contributed by atoms with Gasteiger partial charge in [-0.1, -0.05) is 36.2 Å². The summed E-state index contributed by atoms with van der Waals surface area (Å²) in [4.78, 5) is 14.0. The van der Waals surface area contributed by atoms with Gasteiger partial charge in [-0.05, 0) is 58.4 Å². The van der Waals surface area contributed by atoms with Crippen LogP contribution in [-0.4, -0.2) is 36.2 Å². The fraction of sp³-hybridized carbons (Fsp3) is 0.667. The second-order valence-electron chi connectivity index (χ2n) is 8.88. The summed E-state index contributed by atoms with van der Waals surface area (Å²) in [5, 5.41) is 3.61. The maximum atomic E-state index is 12.2. The Kier molecular flexibility index (Phi) is 6.15. The highest BCUT2D eigenvalue weighted by atomic mass is 16.6. The quantitative estimate of drug-likeness (QED) is 0.877. The number of hydrogen-bond donors (Lipinski definition) is 1. The SMILES string of the molecule is Cc1cc(C)cc(CNCC2(C)CCN(C(=O)OC(C)(C)C)CC2)c1. The van der Waals surface area contributed by atoms with E-state index in [0.717, 1.165) is 39.0 Å². The van der Waals surface area contributed by atoms with Gasteiger partial charge in [0.15, 0.2) is 0 Å². The Morgan fingerprint density at radius 3 is 2.24 bits per heavy atom. The normalized spacial score (nSPS) is 17.4. The molecule has 0 aromatic heterocycles. The molecule has 0 bridgehead atoms. The number of rotatable bonds is 4. The highest BCUT2D eigenvalue weighted by molar-refractivity contribution is 5.68. The van der Waals surface area contributed by atoms with E-state index in [9.17, 15) is 4.79 Å². The standard InChI is InChI=1S/C21H34N2O2/c1-16-11-17(2)13-18(12-16)14-22-15-21(6)7-9-23(10-8-21)19(24)25-20(3,4)5/h11-13,22H,7-10,14-15H2,1-6H3. The molecule has 1 N–H and O–H groups in total. The smallest absolute Gasteiger partial charge is 0.410 e. The molecule has 1 aromatic carbocycles. The molecule has 140 valence electrons. The number of piperidine rings is 1. The van der Waals surface area contributed by atoms with Crippen LogP contribution in [0.3, 0.4) is 0 Å². The molecule has 0 atom stereocenters. The van der Waals surface area contributed by atoms with Crippen molar-refractivity contribution in [2.75, 3.05) is 19.6 Å². The average Bonchev–Trinajstić information content (AvgIpc) is 2.45. The van der Waals surface area contributed by atoms with Crippen molar-refractivity contribution in [2.24, 2.45) is 5.41 Å². The second kappa shape index (κ2) is 7.77. The lowest BCUT2D eigenvalue weighted by Crippen LogP contribution is -2.47. The maximum absolute atomic E-state index is 12.2. The molecule has 0 spiro atoms. The van der Waals surface area contributed by atoms with E-state index in [1.165, 1.54) is 16.7 Å². The Morgan fingerprint density at radius 1 is 1.16 bits per heavy atom. The summed E-state index contributed by atoms with van der Waals surface area (Å²) >= 11 is 0. The number of amides is 1. The Balaban J connectivity index is 1.79. The number of likely N-dealkylation sites (tertiary alicyclic amines) is 1. The molecule has 2 rings (SSSR count). The van der Waals surface area contributed by atoms with Crippen LogP contribution in [0.4, 0.5) is 4.79 Å². The van der Waals surface area contributed by atoms with Crippen LogP contribution in [0.25, 0.3) is 0 Å². The van der Waals surface area contributed by atoms with Crippen LogP contribution < -0.4 is 5.32 Å². The molecule has 0 saturated carbocycles. The fourth-order valence-electron chi connectivity index (χ4n) is 3.41. The van der Waals surface area contributed by atoms with Crippen molar-refractivity contribution < 1.29 is 9.53 Å². The lowest BCUT2D eigenvalue weighted by atomic mass is 9.80. The third kappa shape index (κ3) is 6.35. The molecule has 4 heteroatoms. The summed E-state index contributed by atoms with van der Waals surface area (Å²) in [6.07, 6.45) is 1.83. The van der Waals surface area contributed by atoms with Gasteiger partial charge in [0.05, 0.1) is 0 Å². The first-order chi connectivity index (χ1) is 11.6. The Labute approximate surface area is 152 Å². The van der Waals surface area contributed by atoms with Gasteiger partial charge in [-0.2, -0.15) is 0 Å². The zero-order valence-electron chi connectivity index (χ0n) is 16.7. The second-order valence-corrected chi connectivity index (χ2v) is 8.88. The zero-order chi connectivity index (χ0) is 18.7. The molecule has 0 aliphatic carbocycles. The van der Waals surface area contributed by atoms with E-state index in [-0.39, 0.29) is 11.5 Å². The number of ether oxygens (including phenoxy) is 1. The molecule has 4 nitrogen and oxygen atoms in total. The van der Waals surface area contributed by atoms with E-state index < -0.39 is 5.60 Å². The molecule has 1 heterocycles. The lowest BCUT2D eigenvalue weighted by molar-refractivity contribution is 0.0119. The van der Waals surface area contributed by atoms with E-state index in [4.69, 9.17) is 4.74 Å². The van der Waals surface area contributed by atoms with Crippen LogP contribution >= 0.6 is 0 Å². The van der Waals surface area contributed by atoms with Crippen molar-refractivity contribution in [3.05, 3.63) is 34.9 Å². The van der Waals surface area contributed by atoms with Gasteiger partial charge in [0.1, 0.15) is 5.60 Å².